The Morgan fingerprint density at radius 1 is 1.29 bits per heavy atom. The van der Waals surface area contributed by atoms with E-state index < -0.39 is 0 Å². The monoisotopic (exact) mass is 244 g/mol. The molecule has 102 valence electrons. The fraction of sp³-hybridized carbons (Fsp3) is 1.00. The molecule has 0 spiro atoms. The molecule has 1 saturated heterocycles. The molecule has 1 rings (SSSR count). The van der Waals surface area contributed by atoms with Crippen molar-refractivity contribution in [2.24, 2.45) is 0 Å². The molecule has 0 aliphatic carbocycles. The lowest BCUT2D eigenvalue weighted by atomic mass is 9.88. The standard InChI is InChI=1S/C13H28N2O2/c1-7-13(3,10(2)14-4)15-8-11(16-5)12(9-15)17-6/h10-12,14H,7-9H2,1-6H3. The number of nitrogens with zero attached hydrogens (tertiary/aromatic N) is 1. The molecule has 1 aliphatic rings. The van der Waals surface area contributed by atoms with Gasteiger partial charge in [-0.3, -0.25) is 4.90 Å². The van der Waals surface area contributed by atoms with Gasteiger partial charge < -0.3 is 14.8 Å². The van der Waals surface area contributed by atoms with Crippen LogP contribution in [0.15, 0.2) is 0 Å². The van der Waals surface area contributed by atoms with Crippen LogP contribution >= 0.6 is 0 Å². The fourth-order valence-corrected chi connectivity index (χ4v) is 2.73. The van der Waals surface area contributed by atoms with Crippen LogP contribution in [-0.2, 0) is 9.47 Å². The topological polar surface area (TPSA) is 33.7 Å². The van der Waals surface area contributed by atoms with Crippen LogP contribution in [0.5, 0.6) is 0 Å². The quantitative estimate of drug-likeness (QED) is 0.759. The van der Waals surface area contributed by atoms with Gasteiger partial charge in [0.15, 0.2) is 0 Å². The summed E-state index contributed by atoms with van der Waals surface area (Å²) in [6.45, 7) is 8.71. The van der Waals surface area contributed by atoms with E-state index >= 15 is 0 Å². The number of nitrogens with one attached hydrogen (secondary N) is 1. The molecule has 4 heteroatoms. The zero-order valence-corrected chi connectivity index (χ0v) is 12.1. The predicted molar refractivity (Wildman–Crippen MR) is 70.4 cm³/mol. The van der Waals surface area contributed by atoms with Gasteiger partial charge >= 0.3 is 0 Å². The van der Waals surface area contributed by atoms with Crippen LogP contribution in [0.2, 0.25) is 0 Å². The zero-order chi connectivity index (χ0) is 13.1. The molecule has 0 radical (unpaired) electrons. The molecule has 4 unspecified atom stereocenters. The predicted octanol–water partition coefficient (Wildman–Crippen LogP) is 1.11. The minimum atomic E-state index is 0.152. The second kappa shape index (κ2) is 6.14. The largest absolute Gasteiger partial charge is 0.377 e. The first-order chi connectivity index (χ1) is 8.03. The van der Waals surface area contributed by atoms with Crippen LogP contribution in [0.4, 0.5) is 0 Å². The van der Waals surface area contributed by atoms with E-state index in [4.69, 9.17) is 9.47 Å². The maximum Gasteiger partial charge on any atom is 0.0972 e. The SMILES string of the molecule is CCC(C)(C(C)NC)N1CC(OC)C(OC)C1. The lowest BCUT2D eigenvalue weighted by Crippen LogP contribution is -2.57. The van der Waals surface area contributed by atoms with E-state index in [1.165, 1.54) is 0 Å². The molecule has 0 amide bonds. The van der Waals surface area contributed by atoms with Gasteiger partial charge in [-0.2, -0.15) is 0 Å². The van der Waals surface area contributed by atoms with Crippen molar-refractivity contribution in [2.75, 3.05) is 34.4 Å². The molecular weight excluding hydrogens is 216 g/mol. The van der Waals surface area contributed by atoms with E-state index in [2.05, 4.69) is 31.0 Å². The highest BCUT2D eigenvalue weighted by atomic mass is 16.5. The minimum absolute atomic E-state index is 0.152. The lowest BCUT2D eigenvalue weighted by Gasteiger charge is -2.43. The highest BCUT2D eigenvalue weighted by Crippen LogP contribution is 2.29. The Hall–Kier alpha value is -0.160. The van der Waals surface area contributed by atoms with Crippen LogP contribution in [0.1, 0.15) is 27.2 Å². The summed E-state index contributed by atoms with van der Waals surface area (Å²) in [6, 6.07) is 0.445. The molecule has 0 aromatic heterocycles. The minimum Gasteiger partial charge on any atom is -0.377 e. The van der Waals surface area contributed by atoms with Gasteiger partial charge in [0.05, 0.1) is 12.2 Å². The van der Waals surface area contributed by atoms with Gasteiger partial charge in [0.1, 0.15) is 0 Å². The average Bonchev–Trinajstić information content (AvgIpc) is 2.80. The van der Waals surface area contributed by atoms with E-state index in [1.54, 1.807) is 14.2 Å². The number of methoxy groups -OCH3 is 2. The van der Waals surface area contributed by atoms with Gasteiger partial charge in [-0.1, -0.05) is 6.92 Å². The van der Waals surface area contributed by atoms with E-state index in [1.807, 2.05) is 7.05 Å². The highest BCUT2D eigenvalue weighted by Gasteiger charge is 2.43. The summed E-state index contributed by atoms with van der Waals surface area (Å²) in [4.78, 5) is 2.50. The number of ether oxygens (including phenoxy) is 2. The molecule has 1 N–H and O–H groups in total. The average molecular weight is 244 g/mol. The van der Waals surface area contributed by atoms with Crippen molar-refractivity contribution in [3.8, 4) is 0 Å². The van der Waals surface area contributed by atoms with E-state index in [0.29, 0.717) is 6.04 Å². The second-order valence-corrected chi connectivity index (χ2v) is 5.17. The maximum absolute atomic E-state index is 5.51. The fourth-order valence-electron chi connectivity index (χ4n) is 2.73. The normalized spacial score (nSPS) is 31.4. The van der Waals surface area contributed by atoms with Gasteiger partial charge in [-0.25, -0.2) is 0 Å². The molecular formula is C13H28N2O2. The molecule has 0 aromatic carbocycles. The second-order valence-electron chi connectivity index (χ2n) is 5.17. The van der Waals surface area contributed by atoms with Gasteiger partial charge in [0, 0.05) is 38.9 Å². The number of likely N-dealkylation sites (N-methyl/N-ethyl adjacent to an activating group) is 1. The third-order valence-electron chi connectivity index (χ3n) is 4.62. The first-order valence-corrected chi connectivity index (χ1v) is 6.51. The van der Waals surface area contributed by atoms with Crippen molar-refractivity contribution >= 4 is 0 Å². The van der Waals surface area contributed by atoms with E-state index in [-0.39, 0.29) is 17.7 Å². The van der Waals surface area contributed by atoms with Crippen LogP contribution in [-0.4, -0.2) is 63.0 Å². The van der Waals surface area contributed by atoms with Crippen LogP contribution in [0, 0.1) is 0 Å². The molecule has 4 atom stereocenters. The van der Waals surface area contributed by atoms with Gasteiger partial charge in [-0.05, 0) is 27.3 Å². The Morgan fingerprint density at radius 2 is 1.76 bits per heavy atom. The Kier molecular flexibility index (Phi) is 5.38. The zero-order valence-electron chi connectivity index (χ0n) is 12.1. The summed E-state index contributed by atoms with van der Waals surface area (Å²) >= 11 is 0. The van der Waals surface area contributed by atoms with Crippen molar-refractivity contribution in [2.45, 2.75) is 51.0 Å². The lowest BCUT2D eigenvalue weighted by molar-refractivity contribution is -0.00461. The number of hydrogen-bond acceptors (Lipinski definition) is 4. The van der Waals surface area contributed by atoms with Crippen molar-refractivity contribution in [3.05, 3.63) is 0 Å². The summed E-state index contributed by atoms with van der Waals surface area (Å²) in [6.07, 6.45) is 1.49. The Labute approximate surface area is 106 Å². The third kappa shape index (κ3) is 2.81. The van der Waals surface area contributed by atoms with Gasteiger partial charge in [0.2, 0.25) is 0 Å². The van der Waals surface area contributed by atoms with Crippen molar-refractivity contribution in [1.29, 1.82) is 0 Å². The Balaban J connectivity index is 2.78. The maximum atomic E-state index is 5.51. The molecule has 1 aliphatic heterocycles. The highest BCUT2D eigenvalue weighted by molar-refractivity contribution is 5.00. The molecule has 0 aromatic rings. The van der Waals surface area contributed by atoms with E-state index in [0.717, 1.165) is 19.5 Å². The van der Waals surface area contributed by atoms with Crippen molar-refractivity contribution in [3.63, 3.8) is 0 Å². The summed E-state index contributed by atoms with van der Waals surface area (Å²) in [5.74, 6) is 0. The van der Waals surface area contributed by atoms with Crippen LogP contribution in [0.25, 0.3) is 0 Å². The summed E-state index contributed by atoms with van der Waals surface area (Å²) < 4.78 is 11.0. The first-order valence-electron chi connectivity index (χ1n) is 6.51. The summed E-state index contributed by atoms with van der Waals surface area (Å²) in [5.41, 5.74) is 0.152. The summed E-state index contributed by atoms with van der Waals surface area (Å²) in [7, 11) is 5.56. The Bertz CT molecular complexity index is 225. The number of likely N-dealkylation sites (tertiary alicyclic amines) is 1. The van der Waals surface area contributed by atoms with Crippen molar-refractivity contribution in [1.82, 2.24) is 10.2 Å². The molecule has 17 heavy (non-hydrogen) atoms. The van der Waals surface area contributed by atoms with Gasteiger partial charge in [-0.15, -0.1) is 0 Å². The van der Waals surface area contributed by atoms with Gasteiger partial charge in [0.25, 0.3) is 0 Å². The van der Waals surface area contributed by atoms with Crippen LogP contribution < -0.4 is 5.32 Å². The number of hydrogen-bond donors (Lipinski definition) is 1. The third-order valence-corrected chi connectivity index (χ3v) is 4.62. The summed E-state index contributed by atoms with van der Waals surface area (Å²) in [5, 5.41) is 3.38. The molecule has 0 bridgehead atoms. The van der Waals surface area contributed by atoms with E-state index in [9.17, 15) is 0 Å². The molecule has 4 nitrogen and oxygen atoms in total. The molecule has 1 heterocycles. The Morgan fingerprint density at radius 3 is 2.06 bits per heavy atom. The molecule has 0 saturated carbocycles. The smallest absolute Gasteiger partial charge is 0.0972 e. The van der Waals surface area contributed by atoms with Crippen LogP contribution in [0.3, 0.4) is 0 Å². The van der Waals surface area contributed by atoms with Crippen molar-refractivity contribution < 1.29 is 9.47 Å². The molecule has 1 fully saturated rings. The number of rotatable bonds is 6. The first kappa shape index (κ1) is 14.9.